The highest BCUT2D eigenvalue weighted by atomic mass is 32.2. The van der Waals surface area contributed by atoms with Crippen molar-refractivity contribution in [1.29, 1.82) is 5.26 Å². The lowest BCUT2D eigenvalue weighted by atomic mass is 10.2. The number of hydrogen-bond acceptors (Lipinski definition) is 5. The van der Waals surface area contributed by atoms with Crippen LogP contribution in [0.5, 0.6) is 0 Å². The standard InChI is InChI=1S/C15H21N5S/c16-9-12(17-11-3-4-11)7-8-21-15-19-18-14(10-1-2-10)20(15)13-5-6-13/h10-13,17H,1-8H2. The molecule has 1 aromatic heterocycles. The van der Waals surface area contributed by atoms with Crippen LogP contribution in [0.2, 0.25) is 0 Å². The van der Waals surface area contributed by atoms with Gasteiger partial charge in [0, 0.05) is 23.8 Å². The number of aromatic nitrogens is 3. The van der Waals surface area contributed by atoms with Crippen molar-refractivity contribution in [3.05, 3.63) is 5.82 Å². The van der Waals surface area contributed by atoms with Crippen LogP contribution in [-0.4, -0.2) is 32.6 Å². The Balaban J connectivity index is 1.35. The lowest BCUT2D eigenvalue weighted by molar-refractivity contribution is 0.585. The molecule has 1 heterocycles. The molecule has 6 heteroatoms. The molecule has 0 aromatic carbocycles. The Bertz CT molecular complexity index is 551. The maximum atomic E-state index is 9.18. The van der Waals surface area contributed by atoms with E-state index >= 15 is 0 Å². The van der Waals surface area contributed by atoms with Gasteiger partial charge in [-0.05, 0) is 44.9 Å². The van der Waals surface area contributed by atoms with Gasteiger partial charge in [-0.25, -0.2) is 0 Å². The lowest BCUT2D eigenvalue weighted by Crippen LogP contribution is -2.30. The highest BCUT2D eigenvalue weighted by molar-refractivity contribution is 7.99. The second-order valence-electron chi connectivity index (χ2n) is 6.48. The molecule has 1 atom stereocenters. The van der Waals surface area contributed by atoms with Gasteiger partial charge in [0.2, 0.25) is 0 Å². The average Bonchev–Trinajstić information content (AvgIpc) is 3.34. The number of thioether (sulfide) groups is 1. The van der Waals surface area contributed by atoms with Crippen molar-refractivity contribution in [2.45, 2.75) is 74.1 Å². The molecule has 4 rings (SSSR count). The van der Waals surface area contributed by atoms with Crippen LogP contribution in [0.25, 0.3) is 0 Å². The fourth-order valence-electron chi connectivity index (χ4n) is 2.67. The first-order valence-corrected chi connectivity index (χ1v) is 9.07. The van der Waals surface area contributed by atoms with Crippen molar-refractivity contribution in [3.8, 4) is 6.07 Å². The van der Waals surface area contributed by atoms with Gasteiger partial charge in [0.25, 0.3) is 0 Å². The van der Waals surface area contributed by atoms with Crippen LogP contribution < -0.4 is 5.32 Å². The topological polar surface area (TPSA) is 66.5 Å². The number of nitriles is 1. The molecule has 0 amide bonds. The largest absolute Gasteiger partial charge is 0.303 e. The van der Waals surface area contributed by atoms with Crippen LogP contribution in [0, 0.1) is 11.3 Å². The van der Waals surface area contributed by atoms with Crippen LogP contribution in [0.15, 0.2) is 5.16 Å². The van der Waals surface area contributed by atoms with Gasteiger partial charge in [-0.15, -0.1) is 10.2 Å². The van der Waals surface area contributed by atoms with E-state index in [4.69, 9.17) is 0 Å². The van der Waals surface area contributed by atoms with Gasteiger partial charge in [-0.3, -0.25) is 5.32 Å². The van der Waals surface area contributed by atoms with Gasteiger partial charge in [0.15, 0.2) is 5.16 Å². The molecule has 0 bridgehead atoms. The Morgan fingerprint density at radius 3 is 2.67 bits per heavy atom. The van der Waals surface area contributed by atoms with Crippen LogP contribution in [0.3, 0.4) is 0 Å². The van der Waals surface area contributed by atoms with Crippen molar-refractivity contribution < 1.29 is 0 Å². The summed E-state index contributed by atoms with van der Waals surface area (Å²) in [4.78, 5) is 0. The third-order valence-electron chi connectivity index (χ3n) is 4.35. The smallest absolute Gasteiger partial charge is 0.191 e. The van der Waals surface area contributed by atoms with Crippen molar-refractivity contribution in [3.63, 3.8) is 0 Å². The van der Waals surface area contributed by atoms with E-state index < -0.39 is 0 Å². The van der Waals surface area contributed by atoms with Crippen LogP contribution in [0.4, 0.5) is 0 Å². The van der Waals surface area contributed by atoms with Gasteiger partial charge < -0.3 is 4.57 Å². The van der Waals surface area contributed by atoms with Gasteiger partial charge in [0.1, 0.15) is 5.82 Å². The van der Waals surface area contributed by atoms with Gasteiger partial charge in [-0.1, -0.05) is 11.8 Å². The fraction of sp³-hybridized carbons (Fsp3) is 0.800. The zero-order valence-corrected chi connectivity index (χ0v) is 13.0. The molecule has 0 spiro atoms. The maximum absolute atomic E-state index is 9.18. The lowest BCUT2D eigenvalue weighted by Gasteiger charge is -2.11. The maximum Gasteiger partial charge on any atom is 0.191 e. The minimum Gasteiger partial charge on any atom is -0.303 e. The Hall–Kier alpha value is -1.06. The SMILES string of the molecule is N#CC(CCSc1nnc(C2CC2)n1C1CC1)NC1CC1. The summed E-state index contributed by atoms with van der Waals surface area (Å²) in [6, 6.07) is 3.61. The Labute approximate surface area is 129 Å². The van der Waals surface area contributed by atoms with Crippen LogP contribution in [-0.2, 0) is 0 Å². The average molecular weight is 303 g/mol. The Morgan fingerprint density at radius 2 is 2.05 bits per heavy atom. The summed E-state index contributed by atoms with van der Waals surface area (Å²) in [5, 5.41) is 22.5. The summed E-state index contributed by atoms with van der Waals surface area (Å²) < 4.78 is 2.39. The van der Waals surface area contributed by atoms with Crippen LogP contribution >= 0.6 is 11.8 Å². The van der Waals surface area contributed by atoms with E-state index in [0.717, 1.165) is 17.3 Å². The molecular formula is C15H21N5S. The Morgan fingerprint density at radius 1 is 1.24 bits per heavy atom. The van der Waals surface area contributed by atoms with E-state index in [9.17, 15) is 5.26 Å². The minimum atomic E-state index is -0.00908. The molecule has 3 saturated carbocycles. The van der Waals surface area contributed by atoms with Crippen molar-refractivity contribution in [2.75, 3.05) is 5.75 Å². The van der Waals surface area contributed by atoms with Gasteiger partial charge in [-0.2, -0.15) is 5.26 Å². The number of rotatable bonds is 8. The highest BCUT2D eigenvalue weighted by Crippen LogP contribution is 2.46. The second-order valence-corrected chi connectivity index (χ2v) is 7.54. The first-order chi connectivity index (χ1) is 10.3. The molecule has 0 radical (unpaired) electrons. The second kappa shape index (κ2) is 5.62. The summed E-state index contributed by atoms with van der Waals surface area (Å²) in [7, 11) is 0. The van der Waals surface area contributed by atoms with Gasteiger partial charge >= 0.3 is 0 Å². The predicted octanol–water partition coefficient (Wildman–Crippen LogP) is 2.62. The van der Waals surface area contributed by atoms with Crippen LogP contribution in [0.1, 0.15) is 62.7 Å². The summed E-state index contributed by atoms with van der Waals surface area (Å²) >= 11 is 1.77. The van der Waals surface area contributed by atoms with E-state index in [0.29, 0.717) is 18.0 Å². The summed E-state index contributed by atoms with van der Waals surface area (Å²) in [6.07, 6.45) is 8.44. The molecule has 112 valence electrons. The molecule has 1 N–H and O–H groups in total. The zero-order chi connectivity index (χ0) is 14.2. The molecule has 3 fully saturated rings. The monoisotopic (exact) mass is 303 g/mol. The summed E-state index contributed by atoms with van der Waals surface area (Å²) in [6.45, 7) is 0. The van der Waals surface area contributed by atoms with E-state index in [1.165, 1.54) is 44.3 Å². The zero-order valence-electron chi connectivity index (χ0n) is 12.2. The number of nitrogens with one attached hydrogen (secondary N) is 1. The fourth-order valence-corrected chi connectivity index (χ4v) is 3.69. The normalized spacial score (nSPS) is 23.0. The van der Waals surface area contributed by atoms with Crippen molar-refractivity contribution >= 4 is 11.8 Å². The van der Waals surface area contributed by atoms with E-state index in [1.807, 2.05) is 0 Å². The molecule has 1 aromatic rings. The molecule has 0 aliphatic heterocycles. The molecule has 21 heavy (non-hydrogen) atoms. The Kier molecular flexibility index (Phi) is 3.64. The van der Waals surface area contributed by atoms with Gasteiger partial charge in [0.05, 0.1) is 12.1 Å². The summed E-state index contributed by atoms with van der Waals surface area (Å²) in [5.74, 6) is 2.82. The molecule has 3 aliphatic carbocycles. The molecule has 3 aliphatic rings. The summed E-state index contributed by atoms with van der Waals surface area (Å²) in [5.41, 5.74) is 0. The molecule has 1 unspecified atom stereocenters. The van der Waals surface area contributed by atoms with E-state index in [1.54, 1.807) is 11.8 Å². The molecule has 5 nitrogen and oxygen atoms in total. The first kappa shape index (κ1) is 13.6. The quantitative estimate of drug-likeness (QED) is 0.748. The predicted molar refractivity (Wildman–Crippen MR) is 81.2 cm³/mol. The van der Waals surface area contributed by atoms with Crippen molar-refractivity contribution in [2.24, 2.45) is 0 Å². The van der Waals surface area contributed by atoms with Crippen molar-refractivity contribution in [1.82, 2.24) is 20.1 Å². The third kappa shape index (κ3) is 3.24. The number of hydrogen-bond donors (Lipinski definition) is 1. The van der Waals surface area contributed by atoms with E-state index in [2.05, 4.69) is 26.2 Å². The third-order valence-corrected chi connectivity index (χ3v) is 5.33. The number of nitrogens with zero attached hydrogens (tertiary/aromatic N) is 4. The first-order valence-electron chi connectivity index (χ1n) is 8.08. The highest BCUT2D eigenvalue weighted by Gasteiger charge is 2.36. The molecular weight excluding hydrogens is 282 g/mol. The van der Waals surface area contributed by atoms with E-state index in [-0.39, 0.29) is 6.04 Å². The molecule has 0 saturated heterocycles. The minimum absolute atomic E-state index is 0.00908.